The largest absolute Gasteiger partial charge is 0.392 e. The second-order valence-electron chi connectivity index (χ2n) is 5.97. The molecule has 0 radical (unpaired) electrons. The Hall–Kier alpha value is -1.68. The first kappa shape index (κ1) is 13.7. The first-order valence-electron chi connectivity index (χ1n) is 6.44. The van der Waals surface area contributed by atoms with Crippen LogP contribution in [0.2, 0.25) is 0 Å². The molecule has 4 nitrogen and oxygen atoms in total. The van der Waals surface area contributed by atoms with Gasteiger partial charge in [-0.1, -0.05) is 49.7 Å². The molecule has 1 aromatic carbocycles. The summed E-state index contributed by atoms with van der Waals surface area (Å²) >= 11 is 0. The van der Waals surface area contributed by atoms with Crippen molar-refractivity contribution in [2.75, 3.05) is 0 Å². The van der Waals surface area contributed by atoms with Crippen LogP contribution < -0.4 is 0 Å². The smallest absolute Gasteiger partial charge is 0.229 e. The summed E-state index contributed by atoms with van der Waals surface area (Å²) in [7, 11) is 0. The maximum absolute atomic E-state index is 10.0. The highest BCUT2D eigenvalue weighted by atomic mass is 16.5. The molecule has 2 aromatic rings. The zero-order valence-corrected chi connectivity index (χ0v) is 11.8. The molecule has 19 heavy (non-hydrogen) atoms. The van der Waals surface area contributed by atoms with Gasteiger partial charge < -0.3 is 9.63 Å². The van der Waals surface area contributed by atoms with Gasteiger partial charge >= 0.3 is 0 Å². The normalized spacial score (nSPS) is 13.5. The molecule has 1 aromatic heterocycles. The van der Waals surface area contributed by atoms with Gasteiger partial charge in [-0.05, 0) is 18.4 Å². The first-order chi connectivity index (χ1) is 8.86. The van der Waals surface area contributed by atoms with Gasteiger partial charge in [0.05, 0.1) is 12.5 Å². The first-order valence-corrected chi connectivity index (χ1v) is 6.44. The Kier molecular flexibility index (Phi) is 3.71. The number of nitrogens with zero attached hydrogens (tertiary/aromatic N) is 2. The monoisotopic (exact) mass is 260 g/mol. The molecule has 0 bridgehead atoms. The quantitative estimate of drug-likeness (QED) is 0.921. The summed E-state index contributed by atoms with van der Waals surface area (Å²) < 4.78 is 5.20. The minimum atomic E-state index is -0.502. The lowest BCUT2D eigenvalue weighted by atomic mass is 9.87. The second kappa shape index (κ2) is 5.13. The van der Waals surface area contributed by atoms with E-state index in [2.05, 4.69) is 10.1 Å². The lowest BCUT2D eigenvalue weighted by molar-refractivity contribution is 0.0565. The number of hydrogen-bond acceptors (Lipinski definition) is 4. The number of aliphatic hydroxyl groups is 1. The van der Waals surface area contributed by atoms with E-state index in [1.807, 2.05) is 52.0 Å². The average Bonchev–Trinajstić information content (AvgIpc) is 2.76. The van der Waals surface area contributed by atoms with Crippen molar-refractivity contribution in [3.8, 4) is 11.4 Å². The van der Waals surface area contributed by atoms with Crippen LogP contribution in [0.25, 0.3) is 11.4 Å². The summed E-state index contributed by atoms with van der Waals surface area (Å²) in [4.78, 5) is 4.34. The van der Waals surface area contributed by atoms with E-state index < -0.39 is 6.10 Å². The Morgan fingerprint density at radius 2 is 2.05 bits per heavy atom. The highest BCUT2D eigenvalue weighted by Crippen LogP contribution is 2.23. The summed E-state index contributed by atoms with van der Waals surface area (Å²) in [5, 5.41) is 14.0. The number of aryl methyl sites for hydroxylation is 1. The summed E-state index contributed by atoms with van der Waals surface area (Å²) in [5.41, 5.74) is 1.89. The third-order valence-corrected chi connectivity index (χ3v) is 3.11. The molecule has 102 valence electrons. The summed E-state index contributed by atoms with van der Waals surface area (Å²) in [6, 6.07) is 7.94. The third kappa shape index (κ3) is 3.41. The molecular weight excluding hydrogens is 240 g/mol. The van der Waals surface area contributed by atoms with E-state index in [0.717, 1.165) is 11.1 Å². The van der Waals surface area contributed by atoms with Crippen molar-refractivity contribution in [3.63, 3.8) is 0 Å². The Bertz CT molecular complexity index is 555. The minimum Gasteiger partial charge on any atom is -0.392 e. The van der Waals surface area contributed by atoms with Crippen LogP contribution in [-0.4, -0.2) is 21.4 Å². The molecule has 0 aliphatic carbocycles. The van der Waals surface area contributed by atoms with Crippen LogP contribution in [0.5, 0.6) is 0 Å². The van der Waals surface area contributed by atoms with Crippen LogP contribution in [-0.2, 0) is 6.42 Å². The molecule has 0 fully saturated rings. The van der Waals surface area contributed by atoms with Crippen molar-refractivity contribution in [2.45, 2.75) is 40.2 Å². The van der Waals surface area contributed by atoms with Crippen molar-refractivity contribution < 1.29 is 9.63 Å². The predicted molar refractivity (Wildman–Crippen MR) is 73.6 cm³/mol. The van der Waals surface area contributed by atoms with E-state index in [4.69, 9.17) is 4.52 Å². The fourth-order valence-corrected chi connectivity index (χ4v) is 1.71. The molecule has 1 N–H and O–H groups in total. The van der Waals surface area contributed by atoms with Crippen LogP contribution in [0.3, 0.4) is 0 Å². The van der Waals surface area contributed by atoms with Gasteiger partial charge in [-0.15, -0.1) is 0 Å². The molecule has 0 amide bonds. The number of rotatable bonds is 3. The standard InChI is InChI=1S/C15H20N2O2/c1-10-6-5-7-11(8-10)14-16-13(19-17-14)9-12(18)15(2,3)4/h5-8,12,18H,9H2,1-4H3. The predicted octanol–water partition coefficient (Wildman–Crippen LogP) is 2.99. The highest BCUT2D eigenvalue weighted by molar-refractivity contribution is 5.55. The fraction of sp³-hybridized carbons (Fsp3) is 0.467. The maximum Gasteiger partial charge on any atom is 0.229 e. The summed E-state index contributed by atoms with van der Waals surface area (Å²) in [5.74, 6) is 1.04. The molecule has 1 heterocycles. The average molecular weight is 260 g/mol. The van der Waals surface area contributed by atoms with Crippen LogP contribution in [0.1, 0.15) is 32.2 Å². The molecule has 2 rings (SSSR count). The molecule has 0 aliphatic rings. The molecule has 4 heteroatoms. The molecule has 1 atom stereocenters. The highest BCUT2D eigenvalue weighted by Gasteiger charge is 2.24. The lowest BCUT2D eigenvalue weighted by Crippen LogP contribution is -2.28. The zero-order valence-electron chi connectivity index (χ0n) is 11.8. The number of benzene rings is 1. The van der Waals surface area contributed by atoms with Gasteiger partial charge in [0.15, 0.2) is 0 Å². The molecule has 0 spiro atoms. The SMILES string of the molecule is Cc1cccc(-c2noc(CC(O)C(C)(C)C)n2)c1. The Balaban J connectivity index is 2.16. The van der Waals surface area contributed by atoms with Crippen molar-refractivity contribution in [2.24, 2.45) is 5.41 Å². The Morgan fingerprint density at radius 1 is 1.32 bits per heavy atom. The zero-order chi connectivity index (χ0) is 14.0. The minimum absolute atomic E-state index is 0.196. The van der Waals surface area contributed by atoms with E-state index in [9.17, 15) is 5.11 Å². The van der Waals surface area contributed by atoms with E-state index in [1.54, 1.807) is 0 Å². The van der Waals surface area contributed by atoms with Gasteiger partial charge in [0, 0.05) is 5.56 Å². The van der Waals surface area contributed by atoms with Crippen molar-refractivity contribution >= 4 is 0 Å². The second-order valence-corrected chi connectivity index (χ2v) is 5.97. The Labute approximate surface area is 113 Å². The topological polar surface area (TPSA) is 59.2 Å². The van der Waals surface area contributed by atoms with Crippen LogP contribution in [0.4, 0.5) is 0 Å². The van der Waals surface area contributed by atoms with Crippen LogP contribution in [0.15, 0.2) is 28.8 Å². The van der Waals surface area contributed by atoms with E-state index in [1.165, 1.54) is 0 Å². The van der Waals surface area contributed by atoms with Crippen LogP contribution >= 0.6 is 0 Å². The Morgan fingerprint density at radius 3 is 2.68 bits per heavy atom. The molecule has 0 saturated heterocycles. The van der Waals surface area contributed by atoms with Gasteiger partial charge in [-0.3, -0.25) is 0 Å². The molecule has 0 saturated carbocycles. The molecule has 0 aliphatic heterocycles. The van der Waals surface area contributed by atoms with Gasteiger partial charge in [-0.25, -0.2) is 0 Å². The van der Waals surface area contributed by atoms with Crippen molar-refractivity contribution in [1.29, 1.82) is 0 Å². The third-order valence-electron chi connectivity index (χ3n) is 3.11. The van der Waals surface area contributed by atoms with Gasteiger partial charge in [0.2, 0.25) is 11.7 Å². The van der Waals surface area contributed by atoms with E-state index >= 15 is 0 Å². The number of aliphatic hydroxyl groups excluding tert-OH is 1. The number of aromatic nitrogens is 2. The molecule has 1 unspecified atom stereocenters. The maximum atomic E-state index is 10.0. The van der Waals surface area contributed by atoms with Gasteiger partial charge in [-0.2, -0.15) is 4.98 Å². The number of hydrogen-bond donors (Lipinski definition) is 1. The van der Waals surface area contributed by atoms with Gasteiger partial charge in [0.25, 0.3) is 0 Å². The molecular formula is C15H20N2O2. The van der Waals surface area contributed by atoms with E-state index in [0.29, 0.717) is 18.1 Å². The van der Waals surface area contributed by atoms with Crippen molar-refractivity contribution in [1.82, 2.24) is 10.1 Å². The van der Waals surface area contributed by atoms with E-state index in [-0.39, 0.29) is 5.41 Å². The fourth-order valence-electron chi connectivity index (χ4n) is 1.71. The summed E-state index contributed by atoms with van der Waals surface area (Å²) in [6.07, 6.45) is -0.124. The lowest BCUT2D eigenvalue weighted by Gasteiger charge is -2.24. The van der Waals surface area contributed by atoms with Crippen molar-refractivity contribution in [3.05, 3.63) is 35.7 Å². The van der Waals surface area contributed by atoms with Gasteiger partial charge in [0.1, 0.15) is 0 Å². The van der Waals surface area contributed by atoms with Crippen LogP contribution in [0, 0.1) is 12.3 Å². The summed E-state index contributed by atoms with van der Waals surface area (Å²) in [6.45, 7) is 7.97.